The maximum Gasteiger partial charge on any atom is 0.280 e. The van der Waals surface area contributed by atoms with E-state index in [9.17, 15) is 14.9 Å². The van der Waals surface area contributed by atoms with Gasteiger partial charge in [-0.2, -0.15) is 0 Å². The Labute approximate surface area is 114 Å². The van der Waals surface area contributed by atoms with E-state index in [0.29, 0.717) is 12.8 Å². The maximum absolute atomic E-state index is 10.9. The molecule has 98 valence electrons. The van der Waals surface area contributed by atoms with Gasteiger partial charge in [-0.3, -0.25) is 14.9 Å². The molecule has 0 spiro atoms. The molecule has 0 aliphatic rings. The molecule has 0 fully saturated rings. The van der Waals surface area contributed by atoms with Crippen LogP contribution in [0.5, 0.6) is 0 Å². The van der Waals surface area contributed by atoms with Crippen LogP contribution in [0.2, 0.25) is 0 Å². The van der Waals surface area contributed by atoms with Crippen molar-refractivity contribution in [3.8, 4) is 0 Å². The predicted octanol–water partition coefficient (Wildman–Crippen LogP) is 3.11. The highest BCUT2D eigenvalue weighted by atomic mass is 32.1. The second kappa shape index (κ2) is 5.62. The van der Waals surface area contributed by atoms with Crippen molar-refractivity contribution < 1.29 is 9.72 Å². The van der Waals surface area contributed by atoms with E-state index in [1.807, 2.05) is 29.5 Å². The summed E-state index contributed by atoms with van der Waals surface area (Å²) in [6.07, 6.45) is 0.514. The van der Waals surface area contributed by atoms with Crippen LogP contribution in [0.15, 0.2) is 35.7 Å². The van der Waals surface area contributed by atoms with Gasteiger partial charge in [0.25, 0.3) is 5.69 Å². The van der Waals surface area contributed by atoms with Gasteiger partial charge < -0.3 is 4.90 Å². The van der Waals surface area contributed by atoms with Crippen LogP contribution in [-0.4, -0.2) is 18.3 Å². The van der Waals surface area contributed by atoms with E-state index in [0.717, 1.165) is 5.69 Å². The summed E-state index contributed by atoms with van der Waals surface area (Å²) in [4.78, 5) is 24.2. The number of nitro benzene ring substituents is 1. The smallest absolute Gasteiger partial charge is 0.280 e. The lowest BCUT2D eigenvalue weighted by molar-refractivity contribution is -0.385. The van der Waals surface area contributed by atoms with Crippen LogP contribution in [0.1, 0.15) is 15.2 Å². The number of thiophene rings is 1. The number of rotatable bonds is 5. The summed E-state index contributed by atoms with van der Waals surface area (Å²) in [7, 11) is 1.88. The van der Waals surface area contributed by atoms with E-state index in [1.54, 1.807) is 23.5 Å². The number of nitrogens with zero attached hydrogens (tertiary/aromatic N) is 2. The van der Waals surface area contributed by atoms with Gasteiger partial charge in [-0.15, -0.1) is 11.3 Å². The van der Waals surface area contributed by atoms with Gasteiger partial charge in [0.05, 0.1) is 17.0 Å². The molecule has 1 aromatic carbocycles. The first-order valence-corrected chi connectivity index (χ1v) is 6.47. The topological polar surface area (TPSA) is 63.4 Å². The molecule has 2 aromatic rings. The highest BCUT2D eigenvalue weighted by molar-refractivity contribution is 7.09. The lowest BCUT2D eigenvalue weighted by atomic mass is 10.1. The van der Waals surface area contributed by atoms with Crippen LogP contribution >= 0.6 is 11.3 Å². The number of hydrogen-bond donors (Lipinski definition) is 0. The summed E-state index contributed by atoms with van der Waals surface area (Å²) in [5.74, 6) is 0. The Morgan fingerprint density at radius 2 is 2.21 bits per heavy atom. The molecule has 0 atom stereocenters. The number of benzene rings is 1. The van der Waals surface area contributed by atoms with Crippen molar-refractivity contribution in [2.24, 2.45) is 0 Å². The van der Waals surface area contributed by atoms with E-state index in [-0.39, 0.29) is 11.3 Å². The molecule has 0 N–H and O–H groups in total. The fraction of sp³-hybridized carbons (Fsp3) is 0.154. The minimum absolute atomic E-state index is 0.0977. The first-order chi connectivity index (χ1) is 9.11. The highest BCUT2D eigenvalue weighted by Gasteiger charge is 2.14. The van der Waals surface area contributed by atoms with Crippen molar-refractivity contribution in [2.45, 2.75) is 6.54 Å². The van der Waals surface area contributed by atoms with Gasteiger partial charge in [0.2, 0.25) is 0 Å². The summed E-state index contributed by atoms with van der Waals surface area (Å²) in [5, 5.41) is 12.7. The molecule has 0 bridgehead atoms. The van der Waals surface area contributed by atoms with Gasteiger partial charge in [-0.05, 0) is 23.6 Å². The van der Waals surface area contributed by atoms with Crippen molar-refractivity contribution in [3.63, 3.8) is 0 Å². The summed E-state index contributed by atoms with van der Waals surface area (Å²) in [6.45, 7) is 0.702. The van der Waals surface area contributed by atoms with Crippen LogP contribution < -0.4 is 4.90 Å². The summed E-state index contributed by atoms with van der Waals surface area (Å²) >= 11 is 1.64. The Morgan fingerprint density at radius 1 is 1.42 bits per heavy atom. The van der Waals surface area contributed by atoms with E-state index in [4.69, 9.17) is 0 Å². The fourth-order valence-electron chi connectivity index (χ4n) is 1.77. The van der Waals surface area contributed by atoms with Crippen molar-refractivity contribution in [3.05, 3.63) is 56.3 Å². The third kappa shape index (κ3) is 2.97. The maximum atomic E-state index is 10.9. The van der Waals surface area contributed by atoms with Crippen LogP contribution in [0.25, 0.3) is 0 Å². The van der Waals surface area contributed by atoms with E-state index in [2.05, 4.69) is 0 Å². The first-order valence-electron chi connectivity index (χ1n) is 5.59. The number of nitro groups is 1. The standard InChI is InChI=1S/C13H12N2O3S/c1-14(8-12-3-2-6-19-12)11-4-5-13(15(17)18)10(7-11)9-16/h2-7,9H,8H2,1H3. The number of carbonyl (C=O) groups excluding carboxylic acids is 1. The van der Waals surface area contributed by atoms with Crippen molar-refractivity contribution >= 4 is 29.0 Å². The molecule has 6 heteroatoms. The molecule has 1 heterocycles. The highest BCUT2D eigenvalue weighted by Crippen LogP contribution is 2.24. The van der Waals surface area contributed by atoms with Gasteiger partial charge in [0, 0.05) is 23.7 Å². The van der Waals surface area contributed by atoms with Gasteiger partial charge in [-0.1, -0.05) is 6.07 Å². The normalized spacial score (nSPS) is 10.2. The second-order valence-electron chi connectivity index (χ2n) is 4.05. The Morgan fingerprint density at radius 3 is 2.79 bits per heavy atom. The van der Waals surface area contributed by atoms with Gasteiger partial charge >= 0.3 is 0 Å². The Hall–Kier alpha value is -2.21. The van der Waals surface area contributed by atoms with Gasteiger partial charge in [-0.25, -0.2) is 0 Å². The molecule has 0 aliphatic heterocycles. The van der Waals surface area contributed by atoms with E-state index < -0.39 is 4.92 Å². The summed E-state index contributed by atoms with van der Waals surface area (Å²) in [6, 6.07) is 8.55. The fourth-order valence-corrected chi connectivity index (χ4v) is 2.52. The monoisotopic (exact) mass is 276 g/mol. The number of carbonyl (C=O) groups is 1. The number of aldehydes is 1. The van der Waals surface area contributed by atoms with E-state index >= 15 is 0 Å². The number of anilines is 1. The molecule has 0 saturated carbocycles. The Balaban J connectivity index is 2.25. The van der Waals surface area contributed by atoms with Crippen LogP contribution in [0.3, 0.4) is 0 Å². The molecule has 0 aliphatic carbocycles. The minimum atomic E-state index is -0.549. The Bertz CT molecular complexity index is 596. The summed E-state index contributed by atoms with van der Waals surface area (Å²) in [5.41, 5.74) is 0.713. The molecule has 0 amide bonds. The largest absolute Gasteiger partial charge is 0.369 e. The second-order valence-corrected chi connectivity index (χ2v) is 5.09. The third-order valence-electron chi connectivity index (χ3n) is 2.75. The van der Waals surface area contributed by atoms with Crippen molar-refractivity contribution in [1.29, 1.82) is 0 Å². The lowest BCUT2D eigenvalue weighted by Gasteiger charge is -2.18. The van der Waals surface area contributed by atoms with E-state index in [1.165, 1.54) is 10.9 Å². The van der Waals surface area contributed by atoms with Gasteiger partial charge in [0.15, 0.2) is 6.29 Å². The minimum Gasteiger partial charge on any atom is -0.369 e. The van der Waals surface area contributed by atoms with Crippen molar-refractivity contribution in [2.75, 3.05) is 11.9 Å². The molecule has 1 aromatic heterocycles. The zero-order valence-corrected chi connectivity index (χ0v) is 11.1. The SMILES string of the molecule is CN(Cc1cccs1)c1ccc([N+](=O)[O-])c(C=O)c1. The first kappa shape index (κ1) is 13.2. The average Bonchev–Trinajstić information content (AvgIpc) is 2.90. The molecular weight excluding hydrogens is 264 g/mol. The molecule has 0 saturated heterocycles. The molecular formula is C13H12N2O3S. The predicted molar refractivity (Wildman–Crippen MR) is 74.9 cm³/mol. The van der Waals surface area contributed by atoms with Crippen LogP contribution in [0.4, 0.5) is 11.4 Å². The van der Waals surface area contributed by atoms with Crippen molar-refractivity contribution in [1.82, 2.24) is 0 Å². The Kier molecular flexibility index (Phi) is 3.91. The third-order valence-corrected chi connectivity index (χ3v) is 3.61. The summed E-state index contributed by atoms with van der Waals surface area (Å²) < 4.78 is 0. The quantitative estimate of drug-likeness (QED) is 0.478. The van der Waals surface area contributed by atoms with Gasteiger partial charge in [0.1, 0.15) is 0 Å². The molecule has 0 unspecified atom stereocenters. The van der Waals surface area contributed by atoms with Crippen LogP contribution in [0, 0.1) is 10.1 Å². The molecule has 5 nitrogen and oxygen atoms in total. The zero-order chi connectivity index (χ0) is 13.8. The molecule has 2 rings (SSSR count). The molecule has 19 heavy (non-hydrogen) atoms. The zero-order valence-electron chi connectivity index (χ0n) is 10.3. The van der Waals surface area contributed by atoms with Crippen LogP contribution in [-0.2, 0) is 6.54 Å². The average molecular weight is 276 g/mol. The molecule has 0 radical (unpaired) electrons. The number of hydrogen-bond acceptors (Lipinski definition) is 5. The lowest BCUT2D eigenvalue weighted by Crippen LogP contribution is -2.15.